The molecular weight excluding hydrogens is 308 g/mol. The lowest BCUT2D eigenvalue weighted by atomic mass is 10.1. The van der Waals surface area contributed by atoms with Gasteiger partial charge in [-0.2, -0.15) is 0 Å². The van der Waals surface area contributed by atoms with Crippen LogP contribution in [0.5, 0.6) is 0 Å². The van der Waals surface area contributed by atoms with Crippen molar-refractivity contribution in [1.82, 2.24) is 5.32 Å². The number of sulfone groups is 1. The molecule has 1 aromatic rings. The molecule has 0 unspecified atom stereocenters. The van der Waals surface area contributed by atoms with Crippen molar-refractivity contribution >= 4 is 31.2 Å². The summed E-state index contributed by atoms with van der Waals surface area (Å²) in [5.74, 6) is 0. The lowest BCUT2D eigenvalue weighted by Gasteiger charge is -2.27. The average Bonchev–Trinajstić information content (AvgIpc) is 2.65. The van der Waals surface area contributed by atoms with Crippen molar-refractivity contribution in [2.75, 3.05) is 6.54 Å². The van der Waals surface area contributed by atoms with Crippen molar-refractivity contribution in [3.05, 3.63) is 11.6 Å². The standard InChI is InChI=1S/C10H16N2O4S3/c1-3-12-8-4-6(2)18(13,14)10-7(8)5-9(17-10)19(11,15)16/h5-6,8,12H,3-4H2,1-2H3,(H2,11,15,16)/t6-,8-/m0/s1/i5D. The number of fused-ring (bicyclic) bond motifs is 1. The van der Waals surface area contributed by atoms with Crippen molar-refractivity contribution in [2.45, 2.75) is 40.0 Å². The van der Waals surface area contributed by atoms with Crippen LogP contribution < -0.4 is 10.5 Å². The van der Waals surface area contributed by atoms with Crippen molar-refractivity contribution < 1.29 is 18.2 Å². The topological polar surface area (TPSA) is 106 Å². The SMILES string of the molecule is [2H]c1c(S(N)(=O)=O)sc2c1[C@@H](NCC)C[C@H](C)S2(=O)=O. The first-order chi connectivity index (χ1) is 9.10. The van der Waals surface area contributed by atoms with Gasteiger partial charge in [-0.05, 0) is 25.9 Å². The van der Waals surface area contributed by atoms with E-state index in [1.807, 2.05) is 6.92 Å². The Morgan fingerprint density at radius 2 is 2.26 bits per heavy atom. The first-order valence-corrected chi connectivity index (χ1v) is 9.65. The van der Waals surface area contributed by atoms with Gasteiger partial charge in [0.15, 0.2) is 9.84 Å². The molecule has 3 N–H and O–H groups in total. The Hall–Kier alpha value is -0.480. The van der Waals surface area contributed by atoms with Crippen LogP contribution in [0.25, 0.3) is 0 Å². The summed E-state index contributed by atoms with van der Waals surface area (Å²) < 4.78 is 55.1. The van der Waals surface area contributed by atoms with Crippen molar-refractivity contribution in [2.24, 2.45) is 5.14 Å². The predicted molar refractivity (Wildman–Crippen MR) is 73.4 cm³/mol. The number of primary sulfonamides is 1. The molecule has 2 heterocycles. The first kappa shape index (κ1) is 13.5. The molecule has 0 fully saturated rings. The molecule has 0 aromatic carbocycles. The van der Waals surface area contributed by atoms with Gasteiger partial charge in [0.1, 0.15) is 8.42 Å². The summed E-state index contributed by atoms with van der Waals surface area (Å²) in [5, 5.41) is 7.54. The van der Waals surface area contributed by atoms with E-state index in [1.165, 1.54) is 0 Å². The Kier molecular flexibility index (Phi) is 3.42. The Labute approximate surface area is 118 Å². The molecule has 0 radical (unpaired) electrons. The zero-order valence-corrected chi connectivity index (χ0v) is 13.0. The first-order valence-electron chi connectivity index (χ1n) is 6.24. The number of sulfonamides is 1. The van der Waals surface area contributed by atoms with Crippen molar-refractivity contribution in [1.29, 1.82) is 0 Å². The minimum absolute atomic E-state index is 0.0452. The molecule has 0 spiro atoms. The largest absolute Gasteiger partial charge is 0.310 e. The van der Waals surface area contributed by atoms with Gasteiger partial charge in [0.25, 0.3) is 0 Å². The minimum atomic E-state index is -4.09. The average molecular weight is 325 g/mol. The molecule has 0 aliphatic carbocycles. The number of nitrogens with one attached hydrogen (secondary N) is 1. The monoisotopic (exact) mass is 325 g/mol. The van der Waals surface area contributed by atoms with Gasteiger partial charge >= 0.3 is 0 Å². The maximum absolute atomic E-state index is 12.3. The molecule has 9 heteroatoms. The summed E-state index contributed by atoms with van der Waals surface area (Å²) in [7, 11) is -7.69. The summed E-state index contributed by atoms with van der Waals surface area (Å²) in [6.07, 6.45) is 0.315. The van der Waals surface area contributed by atoms with E-state index in [9.17, 15) is 16.8 Å². The summed E-state index contributed by atoms with van der Waals surface area (Å²) in [6.45, 7) is 4.05. The number of hydrogen-bond acceptors (Lipinski definition) is 6. The molecule has 0 saturated carbocycles. The van der Waals surface area contributed by atoms with Crippen LogP contribution in [0, 0.1) is 0 Å². The van der Waals surface area contributed by atoms with Crippen LogP contribution in [0.4, 0.5) is 0 Å². The molecule has 1 aromatic heterocycles. The number of rotatable bonds is 3. The Bertz CT molecular complexity index is 739. The van der Waals surface area contributed by atoms with Gasteiger partial charge in [-0.1, -0.05) is 6.92 Å². The molecule has 2 rings (SSSR count). The van der Waals surface area contributed by atoms with Gasteiger partial charge in [0, 0.05) is 11.6 Å². The second kappa shape index (κ2) is 4.81. The van der Waals surface area contributed by atoms with E-state index in [2.05, 4.69) is 5.32 Å². The fourth-order valence-electron chi connectivity index (χ4n) is 2.09. The smallest absolute Gasteiger partial charge is 0.247 e. The second-order valence-corrected chi connectivity index (χ2v) is 9.80. The lowest BCUT2D eigenvalue weighted by Crippen LogP contribution is -2.33. The molecule has 108 valence electrons. The summed E-state index contributed by atoms with van der Waals surface area (Å²) in [6, 6.07) is -0.637. The van der Waals surface area contributed by atoms with E-state index < -0.39 is 25.1 Å². The Balaban J connectivity index is 2.76. The molecule has 19 heavy (non-hydrogen) atoms. The third-order valence-corrected chi connectivity index (χ3v) is 8.25. The van der Waals surface area contributed by atoms with Crippen LogP contribution in [-0.4, -0.2) is 28.6 Å². The molecule has 2 atom stereocenters. The molecule has 1 aliphatic heterocycles. The van der Waals surface area contributed by atoms with Crippen LogP contribution in [0.1, 0.15) is 33.2 Å². The Morgan fingerprint density at radius 3 is 2.79 bits per heavy atom. The van der Waals surface area contributed by atoms with Crippen LogP contribution in [0.15, 0.2) is 14.5 Å². The van der Waals surface area contributed by atoms with E-state index in [0.29, 0.717) is 24.3 Å². The highest BCUT2D eigenvalue weighted by molar-refractivity contribution is 7.95. The summed E-state index contributed by atoms with van der Waals surface area (Å²) in [4.78, 5) is 0. The van der Waals surface area contributed by atoms with Crippen molar-refractivity contribution in [3.63, 3.8) is 0 Å². The van der Waals surface area contributed by atoms with Gasteiger partial charge in [-0.25, -0.2) is 22.0 Å². The molecule has 0 saturated heterocycles. The maximum Gasteiger partial charge on any atom is 0.247 e. The van der Waals surface area contributed by atoms with Gasteiger partial charge in [0.05, 0.1) is 6.62 Å². The maximum atomic E-state index is 12.3. The number of hydrogen-bond donors (Lipinski definition) is 2. The predicted octanol–water partition coefficient (Wildman–Crippen LogP) is 0.612. The van der Waals surface area contributed by atoms with Crippen LogP contribution in [0.3, 0.4) is 0 Å². The van der Waals surface area contributed by atoms with Gasteiger partial charge in [-0.3, -0.25) is 0 Å². The van der Waals surface area contributed by atoms with Crippen LogP contribution in [-0.2, 0) is 19.9 Å². The van der Waals surface area contributed by atoms with E-state index in [1.54, 1.807) is 6.92 Å². The third-order valence-electron chi connectivity index (χ3n) is 3.06. The quantitative estimate of drug-likeness (QED) is 0.847. The van der Waals surface area contributed by atoms with Crippen molar-refractivity contribution in [3.8, 4) is 0 Å². The number of thiophene rings is 1. The summed E-state index contributed by atoms with van der Waals surface area (Å²) in [5.41, 5.74) is 0.235. The third kappa shape index (κ3) is 2.57. The van der Waals surface area contributed by atoms with E-state index in [0.717, 1.165) is 0 Å². The Morgan fingerprint density at radius 1 is 1.63 bits per heavy atom. The lowest BCUT2D eigenvalue weighted by molar-refractivity contribution is 0.477. The van der Waals surface area contributed by atoms with E-state index in [4.69, 9.17) is 6.51 Å². The number of nitrogens with two attached hydrogens (primary N) is 1. The van der Waals surface area contributed by atoms with Gasteiger partial charge in [0.2, 0.25) is 10.0 Å². The molecular formula is C10H16N2O4S3. The molecule has 6 nitrogen and oxygen atoms in total. The summed E-state index contributed by atoms with van der Waals surface area (Å²) >= 11 is 0.581. The van der Waals surface area contributed by atoms with Crippen LogP contribution >= 0.6 is 11.3 Å². The van der Waals surface area contributed by atoms with E-state index in [-0.39, 0.29) is 26.1 Å². The fraction of sp³-hybridized carbons (Fsp3) is 0.600. The second-order valence-electron chi connectivity index (χ2n) is 4.46. The highest BCUT2D eigenvalue weighted by Gasteiger charge is 2.39. The fourth-order valence-corrected chi connectivity index (χ4v) is 6.36. The highest BCUT2D eigenvalue weighted by Crippen LogP contribution is 2.42. The zero-order chi connectivity index (χ0) is 15.3. The van der Waals surface area contributed by atoms with Gasteiger partial charge < -0.3 is 5.32 Å². The zero-order valence-electron chi connectivity index (χ0n) is 11.5. The molecule has 1 aliphatic rings. The molecule has 0 bridgehead atoms. The van der Waals surface area contributed by atoms with E-state index >= 15 is 0 Å². The highest BCUT2D eigenvalue weighted by atomic mass is 32.3. The minimum Gasteiger partial charge on any atom is -0.310 e. The van der Waals surface area contributed by atoms with Gasteiger partial charge in [-0.15, -0.1) is 11.3 Å². The van der Waals surface area contributed by atoms with Crippen LogP contribution in [0.2, 0.25) is 0 Å². The normalized spacial score (nSPS) is 26.8. The molecule has 0 amide bonds.